The van der Waals surface area contributed by atoms with Crippen molar-refractivity contribution in [3.05, 3.63) is 34.3 Å². The van der Waals surface area contributed by atoms with Crippen LogP contribution in [0.5, 0.6) is 0 Å². The Morgan fingerprint density at radius 1 is 1.45 bits per heavy atom. The highest BCUT2D eigenvalue weighted by atomic mass is 35.5. The Balaban J connectivity index is 1.88. The molecule has 5 heteroatoms. The molecule has 0 saturated carbocycles. The van der Waals surface area contributed by atoms with Crippen molar-refractivity contribution in [2.24, 2.45) is 0 Å². The highest BCUT2D eigenvalue weighted by Gasteiger charge is 2.29. The molecule has 0 unspecified atom stereocenters. The van der Waals surface area contributed by atoms with Gasteiger partial charge in [0, 0.05) is 24.7 Å². The van der Waals surface area contributed by atoms with Crippen LogP contribution in [0.3, 0.4) is 0 Å². The minimum atomic E-state index is -0.639. The van der Waals surface area contributed by atoms with Crippen molar-refractivity contribution in [1.29, 1.82) is 0 Å². The second-order valence-electron chi connectivity index (χ2n) is 5.71. The predicted molar refractivity (Wildman–Crippen MR) is 79.9 cm³/mol. The van der Waals surface area contributed by atoms with Crippen LogP contribution in [-0.2, 0) is 6.54 Å². The summed E-state index contributed by atoms with van der Waals surface area (Å²) < 4.78 is 0. The van der Waals surface area contributed by atoms with Crippen LogP contribution < -0.4 is 5.32 Å². The van der Waals surface area contributed by atoms with Gasteiger partial charge in [0.2, 0.25) is 0 Å². The molecule has 2 amide bonds. The standard InChI is InChI=1S/C15H21ClN2O2/c1-11-3-4-13(16)9-12(11)10-17-14(19)18-7-5-15(2,20)6-8-18/h3-4,9,20H,5-8,10H2,1-2H3,(H,17,19). The van der Waals surface area contributed by atoms with Crippen LogP contribution in [0.2, 0.25) is 5.02 Å². The molecule has 20 heavy (non-hydrogen) atoms. The van der Waals surface area contributed by atoms with Gasteiger partial charge in [-0.1, -0.05) is 17.7 Å². The molecule has 2 rings (SSSR count). The van der Waals surface area contributed by atoms with E-state index in [1.54, 1.807) is 4.90 Å². The molecular formula is C15H21ClN2O2. The van der Waals surface area contributed by atoms with Crippen LogP contribution in [0.15, 0.2) is 18.2 Å². The summed E-state index contributed by atoms with van der Waals surface area (Å²) in [4.78, 5) is 13.8. The van der Waals surface area contributed by atoms with E-state index in [2.05, 4.69) is 5.32 Å². The van der Waals surface area contributed by atoms with E-state index < -0.39 is 5.60 Å². The van der Waals surface area contributed by atoms with E-state index in [1.807, 2.05) is 32.0 Å². The third-order valence-electron chi connectivity index (χ3n) is 3.87. The number of carbonyl (C=O) groups excluding carboxylic acids is 1. The molecule has 1 heterocycles. The number of benzene rings is 1. The molecule has 1 fully saturated rings. The first-order valence-corrected chi connectivity index (χ1v) is 7.25. The number of aryl methyl sites for hydroxylation is 1. The molecule has 1 saturated heterocycles. The van der Waals surface area contributed by atoms with Gasteiger partial charge in [-0.15, -0.1) is 0 Å². The van der Waals surface area contributed by atoms with E-state index in [4.69, 9.17) is 11.6 Å². The Kier molecular flexibility index (Phi) is 4.55. The summed E-state index contributed by atoms with van der Waals surface area (Å²) in [7, 11) is 0. The fraction of sp³-hybridized carbons (Fsp3) is 0.533. The first-order valence-electron chi connectivity index (χ1n) is 6.88. The number of hydrogen-bond donors (Lipinski definition) is 2. The van der Waals surface area contributed by atoms with Crippen molar-refractivity contribution in [1.82, 2.24) is 10.2 Å². The molecule has 0 radical (unpaired) electrons. The molecule has 0 aromatic heterocycles. The number of piperidine rings is 1. The van der Waals surface area contributed by atoms with Crippen molar-refractivity contribution in [3.63, 3.8) is 0 Å². The van der Waals surface area contributed by atoms with Gasteiger partial charge in [-0.2, -0.15) is 0 Å². The molecule has 0 bridgehead atoms. The zero-order valence-corrected chi connectivity index (χ0v) is 12.7. The monoisotopic (exact) mass is 296 g/mol. The lowest BCUT2D eigenvalue weighted by molar-refractivity contribution is 0.00436. The van der Waals surface area contributed by atoms with Gasteiger partial charge in [-0.3, -0.25) is 0 Å². The Morgan fingerprint density at radius 2 is 2.10 bits per heavy atom. The second-order valence-corrected chi connectivity index (χ2v) is 6.15. The van der Waals surface area contributed by atoms with Crippen LogP contribution in [0, 0.1) is 6.92 Å². The lowest BCUT2D eigenvalue weighted by Gasteiger charge is -2.35. The maximum atomic E-state index is 12.1. The van der Waals surface area contributed by atoms with Crippen molar-refractivity contribution in [3.8, 4) is 0 Å². The number of hydrogen-bond acceptors (Lipinski definition) is 2. The van der Waals surface area contributed by atoms with Gasteiger partial charge >= 0.3 is 6.03 Å². The summed E-state index contributed by atoms with van der Waals surface area (Å²) in [5, 5.41) is 13.5. The van der Waals surface area contributed by atoms with Gasteiger partial charge in [0.05, 0.1) is 5.60 Å². The van der Waals surface area contributed by atoms with E-state index in [-0.39, 0.29) is 6.03 Å². The average molecular weight is 297 g/mol. The van der Waals surface area contributed by atoms with Gasteiger partial charge in [0.1, 0.15) is 0 Å². The zero-order valence-electron chi connectivity index (χ0n) is 11.9. The highest BCUT2D eigenvalue weighted by Crippen LogP contribution is 2.21. The van der Waals surface area contributed by atoms with Crippen molar-refractivity contribution < 1.29 is 9.90 Å². The van der Waals surface area contributed by atoms with Crippen LogP contribution in [0.1, 0.15) is 30.9 Å². The molecule has 1 aromatic carbocycles. The number of amides is 2. The first kappa shape index (κ1) is 15.1. The van der Waals surface area contributed by atoms with Crippen molar-refractivity contribution >= 4 is 17.6 Å². The van der Waals surface area contributed by atoms with E-state index in [9.17, 15) is 9.90 Å². The molecule has 2 N–H and O–H groups in total. The van der Waals surface area contributed by atoms with Crippen LogP contribution >= 0.6 is 11.6 Å². The van der Waals surface area contributed by atoms with Gasteiger partial charge < -0.3 is 15.3 Å². The maximum Gasteiger partial charge on any atom is 0.317 e. The smallest absolute Gasteiger partial charge is 0.317 e. The molecule has 0 atom stereocenters. The topological polar surface area (TPSA) is 52.6 Å². The van der Waals surface area contributed by atoms with Crippen LogP contribution in [-0.4, -0.2) is 34.7 Å². The fourth-order valence-electron chi connectivity index (χ4n) is 2.30. The number of aliphatic hydroxyl groups is 1. The summed E-state index contributed by atoms with van der Waals surface area (Å²) in [6.45, 7) is 5.46. The molecule has 0 aliphatic carbocycles. The summed E-state index contributed by atoms with van der Waals surface area (Å²) in [5.74, 6) is 0. The predicted octanol–water partition coefficient (Wildman–Crippen LogP) is 2.70. The Labute approximate surface area is 124 Å². The minimum Gasteiger partial charge on any atom is -0.390 e. The van der Waals surface area contributed by atoms with Crippen LogP contribution in [0.25, 0.3) is 0 Å². The number of urea groups is 1. The summed E-state index contributed by atoms with van der Waals surface area (Å²) in [6.07, 6.45) is 1.24. The van der Waals surface area contributed by atoms with E-state index in [0.29, 0.717) is 37.5 Å². The van der Waals surface area contributed by atoms with Gasteiger partial charge in [0.25, 0.3) is 0 Å². The molecule has 0 spiro atoms. The maximum absolute atomic E-state index is 12.1. The summed E-state index contributed by atoms with van der Waals surface area (Å²) in [5.41, 5.74) is 1.49. The average Bonchev–Trinajstić information content (AvgIpc) is 2.39. The lowest BCUT2D eigenvalue weighted by atomic mass is 9.94. The molecule has 1 aliphatic rings. The molecule has 1 aromatic rings. The molecular weight excluding hydrogens is 276 g/mol. The van der Waals surface area contributed by atoms with Gasteiger partial charge in [-0.05, 0) is 49.9 Å². The Hall–Kier alpha value is -1.26. The molecule has 4 nitrogen and oxygen atoms in total. The third-order valence-corrected chi connectivity index (χ3v) is 4.10. The van der Waals surface area contributed by atoms with Crippen LogP contribution in [0.4, 0.5) is 4.79 Å². The van der Waals surface area contributed by atoms with E-state index in [1.165, 1.54) is 0 Å². The zero-order chi connectivity index (χ0) is 14.8. The number of nitrogens with one attached hydrogen (secondary N) is 1. The largest absolute Gasteiger partial charge is 0.390 e. The summed E-state index contributed by atoms with van der Waals surface area (Å²) >= 11 is 5.96. The molecule has 1 aliphatic heterocycles. The Morgan fingerprint density at radius 3 is 2.75 bits per heavy atom. The van der Waals surface area contributed by atoms with Crippen molar-refractivity contribution in [2.45, 2.75) is 38.8 Å². The van der Waals surface area contributed by atoms with Gasteiger partial charge in [-0.25, -0.2) is 4.79 Å². The summed E-state index contributed by atoms with van der Waals surface area (Å²) in [6, 6.07) is 5.58. The third kappa shape index (κ3) is 3.87. The first-order chi connectivity index (χ1) is 9.37. The Bertz CT molecular complexity index is 493. The minimum absolute atomic E-state index is 0.0834. The number of likely N-dealkylation sites (tertiary alicyclic amines) is 1. The quantitative estimate of drug-likeness (QED) is 0.881. The number of nitrogens with zero attached hydrogens (tertiary/aromatic N) is 1. The normalized spacial score (nSPS) is 17.9. The molecule has 110 valence electrons. The fourth-order valence-corrected chi connectivity index (χ4v) is 2.50. The number of rotatable bonds is 2. The lowest BCUT2D eigenvalue weighted by Crippen LogP contribution is -2.48. The van der Waals surface area contributed by atoms with Gasteiger partial charge in [0.15, 0.2) is 0 Å². The number of halogens is 1. The highest BCUT2D eigenvalue weighted by molar-refractivity contribution is 6.30. The second kappa shape index (κ2) is 6.02. The SMILES string of the molecule is Cc1ccc(Cl)cc1CNC(=O)N1CCC(C)(O)CC1. The van der Waals surface area contributed by atoms with E-state index in [0.717, 1.165) is 11.1 Å². The van der Waals surface area contributed by atoms with Crippen molar-refractivity contribution in [2.75, 3.05) is 13.1 Å². The number of carbonyl (C=O) groups is 1. The van der Waals surface area contributed by atoms with E-state index >= 15 is 0 Å².